The molecule has 0 aromatic carbocycles. The van der Waals surface area contributed by atoms with Gasteiger partial charge in [-0.15, -0.1) is 11.8 Å². The molecule has 60 valence electrons. The van der Waals surface area contributed by atoms with Crippen molar-refractivity contribution in [1.29, 1.82) is 0 Å². The maximum absolute atomic E-state index is 8.52. The average Bonchev–Trinajstić information content (AvgIpc) is 1.80. The zero-order valence-electron chi connectivity index (χ0n) is 6.98. The first-order valence-electron chi connectivity index (χ1n) is 3.41. The minimum absolute atomic E-state index is 0.167. The second-order valence-corrected chi connectivity index (χ2v) is 4.43. The molecule has 0 spiro atoms. The molecule has 0 bridgehead atoms. The van der Waals surface area contributed by atoms with Crippen molar-refractivity contribution in [2.75, 3.05) is 12.4 Å². The van der Waals surface area contributed by atoms with Crippen LogP contribution in [-0.2, 0) is 0 Å². The molecule has 0 rings (SSSR count). The zero-order valence-corrected chi connectivity index (χ0v) is 7.79. The van der Waals surface area contributed by atoms with Crippen LogP contribution < -0.4 is 0 Å². The number of thioether (sulfide) groups is 1. The highest BCUT2D eigenvalue weighted by atomic mass is 32.2. The van der Waals surface area contributed by atoms with Gasteiger partial charge in [-0.1, -0.05) is 27.4 Å². The Kier molecular flexibility index (Phi) is 4.06. The molecule has 0 aromatic heterocycles. The summed E-state index contributed by atoms with van der Waals surface area (Å²) in [5.41, 5.74) is 0.167. The van der Waals surface area contributed by atoms with Crippen LogP contribution >= 0.6 is 11.8 Å². The van der Waals surface area contributed by atoms with Crippen LogP contribution in [0, 0.1) is 5.41 Å². The minimum atomic E-state index is 0.167. The van der Waals surface area contributed by atoms with Crippen molar-refractivity contribution in [2.24, 2.45) is 5.41 Å². The number of aliphatic hydroxyl groups excluding tert-OH is 1. The monoisotopic (exact) mass is 160 g/mol. The SMILES string of the molecule is C=C(SCCO)C(C)(C)C. The first-order chi connectivity index (χ1) is 4.48. The number of aliphatic hydroxyl groups is 1. The molecule has 0 aliphatic heterocycles. The molecule has 0 heterocycles. The Hall–Kier alpha value is 0.0500. The molecule has 0 fully saturated rings. The van der Waals surface area contributed by atoms with Gasteiger partial charge in [-0.2, -0.15) is 0 Å². The largest absolute Gasteiger partial charge is 0.396 e. The van der Waals surface area contributed by atoms with E-state index >= 15 is 0 Å². The molecule has 1 N–H and O–H groups in total. The van der Waals surface area contributed by atoms with E-state index in [0.29, 0.717) is 0 Å². The third-order valence-electron chi connectivity index (χ3n) is 1.20. The van der Waals surface area contributed by atoms with Gasteiger partial charge >= 0.3 is 0 Å². The summed E-state index contributed by atoms with van der Waals surface area (Å²) in [5.74, 6) is 0.760. The van der Waals surface area contributed by atoms with Crippen LogP contribution in [0.25, 0.3) is 0 Å². The third kappa shape index (κ3) is 3.96. The van der Waals surface area contributed by atoms with Crippen molar-refractivity contribution in [3.63, 3.8) is 0 Å². The van der Waals surface area contributed by atoms with Crippen molar-refractivity contribution in [1.82, 2.24) is 0 Å². The molecule has 10 heavy (non-hydrogen) atoms. The molecule has 0 saturated heterocycles. The Bertz CT molecular complexity index is 113. The molecule has 0 atom stereocenters. The summed E-state index contributed by atoms with van der Waals surface area (Å²) in [6.07, 6.45) is 0. The van der Waals surface area contributed by atoms with E-state index in [1.807, 2.05) is 0 Å². The molecule has 0 aliphatic carbocycles. The molecular formula is C8H16OS. The van der Waals surface area contributed by atoms with E-state index in [2.05, 4.69) is 27.4 Å². The van der Waals surface area contributed by atoms with Gasteiger partial charge in [0.1, 0.15) is 0 Å². The lowest BCUT2D eigenvalue weighted by molar-refractivity contribution is 0.322. The Morgan fingerprint density at radius 1 is 1.50 bits per heavy atom. The lowest BCUT2D eigenvalue weighted by Gasteiger charge is -2.20. The second-order valence-electron chi connectivity index (χ2n) is 3.25. The Balaban J connectivity index is 3.64. The van der Waals surface area contributed by atoms with Gasteiger partial charge in [-0.05, 0) is 10.3 Å². The molecule has 2 heteroatoms. The summed E-state index contributed by atoms with van der Waals surface area (Å²) < 4.78 is 0. The van der Waals surface area contributed by atoms with E-state index in [0.717, 1.165) is 10.7 Å². The van der Waals surface area contributed by atoms with Crippen LogP contribution in [0.2, 0.25) is 0 Å². The summed E-state index contributed by atoms with van der Waals surface area (Å²) in [7, 11) is 0. The summed E-state index contributed by atoms with van der Waals surface area (Å²) in [6, 6.07) is 0. The molecule has 1 nitrogen and oxygen atoms in total. The van der Waals surface area contributed by atoms with Crippen LogP contribution in [-0.4, -0.2) is 17.5 Å². The number of hydrogen-bond acceptors (Lipinski definition) is 2. The first kappa shape index (κ1) is 10.0. The van der Waals surface area contributed by atoms with E-state index in [1.165, 1.54) is 0 Å². The van der Waals surface area contributed by atoms with Gasteiger partial charge in [0.2, 0.25) is 0 Å². The number of allylic oxidation sites excluding steroid dienone is 1. The van der Waals surface area contributed by atoms with Gasteiger partial charge < -0.3 is 5.11 Å². The minimum Gasteiger partial charge on any atom is -0.396 e. The third-order valence-corrected chi connectivity index (χ3v) is 2.55. The lowest BCUT2D eigenvalue weighted by atomic mass is 9.97. The van der Waals surface area contributed by atoms with Crippen molar-refractivity contribution in [2.45, 2.75) is 20.8 Å². The van der Waals surface area contributed by atoms with E-state index in [1.54, 1.807) is 11.8 Å². The van der Waals surface area contributed by atoms with Gasteiger partial charge in [0.25, 0.3) is 0 Å². The fourth-order valence-corrected chi connectivity index (χ4v) is 1.16. The van der Waals surface area contributed by atoms with Crippen molar-refractivity contribution in [3.05, 3.63) is 11.5 Å². The fraction of sp³-hybridized carbons (Fsp3) is 0.750. The van der Waals surface area contributed by atoms with Gasteiger partial charge in [0.15, 0.2) is 0 Å². The molecule has 0 radical (unpaired) electrons. The summed E-state index contributed by atoms with van der Waals surface area (Å²) in [4.78, 5) is 1.14. The Labute approximate surface area is 67.5 Å². The molecule has 0 saturated carbocycles. The highest BCUT2D eigenvalue weighted by molar-refractivity contribution is 8.03. The standard InChI is InChI=1S/C8H16OS/c1-7(8(2,3)4)10-6-5-9/h9H,1,5-6H2,2-4H3. The smallest absolute Gasteiger partial charge is 0.0525 e. The van der Waals surface area contributed by atoms with Crippen molar-refractivity contribution >= 4 is 11.8 Å². The second kappa shape index (κ2) is 4.04. The first-order valence-corrected chi connectivity index (χ1v) is 4.40. The average molecular weight is 160 g/mol. The van der Waals surface area contributed by atoms with Crippen LogP contribution in [0.5, 0.6) is 0 Å². The van der Waals surface area contributed by atoms with E-state index in [9.17, 15) is 0 Å². The Morgan fingerprint density at radius 3 is 2.30 bits per heavy atom. The highest BCUT2D eigenvalue weighted by Crippen LogP contribution is 2.32. The maximum Gasteiger partial charge on any atom is 0.0525 e. The summed E-state index contributed by atoms with van der Waals surface area (Å²) in [5, 5.41) is 8.52. The van der Waals surface area contributed by atoms with E-state index in [-0.39, 0.29) is 12.0 Å². The van der Waals surface area contributed by atoms with Crippen LogP contribution in [0.4, 0.5) is 0 Å². The summed E-state index contributed by atoms with van der Waals surface area (Å²) in [6.45, 7) is 10.5. The van der Waals surface area contributed by atoms with Gasteiger partial charge in [0, 0.05) is 5.75 Å². The van der Waals surface area contributed by atoms with E-state index < -0.39 is 0 Å². The van der Waals surface area contributed by atoms with E-state index in [4.69, 9.17) is 5.11 Å². The van der Waals surface area contributed by atoms with Crippen molar-refractivity contribution < 1.29 is 5.11 Å². The number of hydrogen-bond donors (Lipinski definition) is 1. The Morgan fingerprint density at radius 2 is 2.00 bits per heavy atom. The maximum atomic E-state index is 8.52. The van der Waals surface area contributed by atoms with Gasteiger partial charge in [0.05, 0.1) is 6.61 Å². The molecule has 0 unspecified atom stereocenters. The highest BCUT2D eigenvalue weighted by Gasteiger charge is 2.14. The van der Waals surface area contributed by atoms with Crippen LogP contribution in [0.15, 0.2) is 11.5 Å². The fourth-order valence-electron chi connectivity index (χ4n) is 0.385. The predicted octanol–water partition coefficient (Wildman–Crippen LogP) is 2.27. The number of rotatable bonds is 3. The van der Waals surface area contributed by atoms with Crippen LogP contribution in [0.3, 0.4) is 0 Å². The molecule has 0 amide bonds. The predicted molar refractivity (Wildman–Crippen MR) is 48.1 cm³/mol. The molecule has 0 aromatic rings. The molecule has 0 aliphatic rings. The van der Waals surface area contributed by atoms with Gasteiger partial charge in [-0.25, -0.2) is 0 Å². The zero-order chi connectivity index (χ0) is 8.20. The summed E-state index contributed by atoms with van der Waals surface area (Å²) >= 11 is 1.64. The lowest BCUT2D eigenvalue weighted by Crippen LogP contribution is -2.06. The van der Waals surface area contributed by atoms with Crippen molar-refractivity contribution in [3.8, 4) is 0 Å². The quantitative estimate of drug-likeness (QED) is 0.683. The van der Waals surface area contributed by atoms with Gasteiger partial charge in [-0.3, -0.25) is 0 Å². The normalized spacial score (nSPS) is 11.6. The molecular weight excluding hydrogens is 144 g/mol. The van der Waals surface area contributed by atoms with Crippen LogP contribution in [0.1, 0.15) is 20.8 Å². The topological polar surface area (TPSA) is 20.2 Å².